The van der Waals surface area contributed by atoms with Crippen LogP contribution >= 0.6 is 0 Å². The van der Waals surface area contributed by atoms with Crippen molar-refractivity contribution in [3.8, 4) is 0 Å². The van der Waals surface area contributed by atoms with Gasteiger partial charge in [0.2, 0.25) is 6.10 Å². The van der Waals surface area contributed by atoms with Gasteiger partial charge in [-0.2, -0.15) is 13.2 Å². The molecule has 0 aliphatic heterocycles. The van der Waals surface area contributed by atoms with E-state index in [1.54, 1.807) is 0 Å². The van der Waals surface area contributed by atoms with Gasteiger partial charge in [0.25, 0.3) is 0 Å². The van der Waals surface area contributed by atoms with Gasteiger partial charge in [0.15, 0.2) is 5.78 Å². The summed E-state index contributed by atoms with van der Waals surface area (Å²) >= 11 is 0. The molecule has 1 aromatic rings. The third-order valence-corrected chi connectivity index (χ3v) is 3.39. The Hall–Kier alpha value is -1.36. The number of carbonyl (C=O) groups excluding carboxylic acids is 1. The molecule has 0 radical (unpaired) electrons. The average molecular weight is 258 g/mol. The molecule has 1 aliphatic carbocycles. The minimum Gasteiger partial charge on any atom is -0.377 e. The summed E-state index contributed by atoms with van der Waals surface area (Å²) in [7, 11) is 0. The van der Waals surface area contributed by atoms with E-state index in [2.05, 4.69) is 0 Å². The van der Waals surface area contributed by atoms with Crippen molar-refractivity contribution in [2.45, 2.75) is 31.0 Å². The van der Waals surface area contributed by atoms with Crippen molar-refractivity contribution in [1.82, 2.24) is 0 Å². The topological polar surface area (TPSA) is 37.3 Å². The minimum absolute atomic E-state index is 0.126. The summed E-state index contributed by atoms with van der Waals surface area (Å²) in [6, 6.07) is 9.36. The molecule has 0 amide bonds. The lowest BCUT2D eigenvalue weighted by Crippen LogP contribution is -2.43. The maximum Gasteiger partial charge on any atom is 0.421 e. The van der Waals surface area contributed by atoms with E-state index < -0.39 is 24.0 Å². The molecule has 2 rings (SSSR count). The Morgan fingerprint density at radius 2 is 1.78 bits per heavy atom. The Balaban J connectivity index is 1.92. The first-order chi connectivity index (χ1) is 8.39. The van der Waals surface area contributed by atoms with E-state index in [0.29, 0.717) is 12.8 Å². The van der Waals surface area contributed by atoms with Gasteiger partial charge < -0.3 is 5.11 Å². The van der Waals surface area contributed by atoms with E-state index in [1.807, 2.05) is 30.3 Å². The number of carbonyl (C=O) groups is 1. The number of alkyl halides is 3. The highest BCUT2D eigenvalue weighted by Crippen LogP contribution is 2.43. The van der Waals surface area contributed by atoms with E-state index in [4.69, 9.17) is 5.11 Å². The highest BCUT2D eigenvalue weighted by Gasteiger charge is 2.48. The number of benzene rings is 1. The quantitative estimate of drug-likeness (QED) is 0.905. The number of aliphatic hydroxyl groups excluding tert-OH is 1. The van der Waals surface area contributed by atoms with Crippen LogP contribution < -0.4 is 0 Å². The molecule has 0 spiro atoms. The average Bonchev–Trinajstić information content (AvgIpc) is 2.26. The molecule has 1 atom stereocenters. The fourth-order valence-corrected chi connectivity index (χ4v) is 2.23. The Kier molecular flexibility index (Phi) is 3.43. The normalized spacial score (nSPS) is 25.3. The SMILES string of the molecule is O=C(C1CC(c2ccccc2)C1)C(O)C(F)(F)F. The summed E-state index contributed by atoms with van der Waals surface area (Å²) in [6.07, 6.45) is -6.92. The predicted molar refractivity (Wildman–Crippen MR) is 59.0 cm³/mol. The molecule has 0 aromatic heterocycles. The number of ketones is 1. The minimum atomic E-state index is -4.85. The summed E-state index contributed by atoms with van der Waals surface area (Å²) in [5.41, 5.74) is 1.03. The number of Topliss-reactive ketones (excluding diaryl/α,β-unsaturated/α-hetero) is 1. The van der Waals surface area contributed by atoms with Crippen LogP contribution in [0.4, 0.5) is 13.2 Å². The summed E-state index contributed by atoms with van der Waals surface area (Å²) in [5.74, 6) is -1.65. The van der Waals surface area contributed by atoms with Crippen molar-refractivity contribution < 1.29 is 23.1 Å². The van der Waals surface area contributed by atoms with Gasteiger partial charge in [-0.1, -0.05) is 30.3 Å². The molecule has 5 heteroatoms. The second-order valence-corrected chi connectivity index (χ2v) is 4.62. The molecular formula is C13H13F3O2. The fourth-order valence-electron chi connectivity index (χ4n) is 2.23. The Bertz CT molecular complexity index is 422. The van der Waals surface area contributed by atoms with Gasteiger partial charge in [0.1, 0.15) is 0 Å². The summed E-state index contributed by atoms with van der Waals surface area (Å²) in [6.45, 7) is 0. The standard InChI is InChI=1S/C13H13F3O2/c14-13(15,16)12(18)11(17)10-6-9(7-10)8-4-2-1-3-5-8/h1-5,9-10,12,18H,6-7H2. The predicted octanol–water partition coefficient (Wildman–Crippen LogP) is 2.67. The van der Waals surface area contributed by atoms with Gasteiger partial charge in [-0.05, 0) is 24.3 Å². The second kappa shape index (κ2) is 4.72. The van der Waals surface area contributed by atoms with Crippen LogP contribution in [0.2, 0.25) is 0 Å². The van der Waals surface area contributed by atoms with Crippen LogP contribution in [0.25, 0.3) is 0 Å². The van der Waals surface area contributed by atoms with Crippen LogP contribution in [0.3, 0.4) is 0 Å². The summed E-state index contributed by atoms with van der Waals surface area (Å²) in [5, 5.41) is 8.87. The number of hydrogen-bond donors (Lipinski definition) is 1. The third kappa shape index (κ3) is 2.56. The Morgan fingerprint density at radius 1 is 1.22 bits per heavy atom. The molecule has 0 heterocycles. The molecule has 2 nitrogen and oxygen atoms in total. The van der Waals surface area contributed by atoms with Gasteiger partial charge >= 0.3 is 6.18 Å². The second-order valence-electron chi connectivity index (χ2n) is 4.62. The van der Waals surface area contributed by atoms with Crippen molar-refractivity contribution in [3.63, 3.8) is 0 Å². The number of halogens is 3. The van der Waals surface area contributed by atoms with Crippen molar-refractivity contribution in [3.05, 3.63) is 35.9 Å². The van der Waals surface area contributed by atoms with Crippen molar-refractivity contribution in [2.75, 3.05) is 0 Å². The lowest BCUT2D eigenvalue weighted by atomic mass is 9.69. The van der Waals surface area contributed by atoms with Crippen LogP contribution in [0.15, 0.2) is 30.3 Å². The number of rotatable bonds is 3. The van der Waals surface area contributed by atoms with E-state index in [-0.39, 0.29) is 5.92 Å². The van der Waals surface area contributed by atoms with Crippen molar-refractivity contribution >= 4 is 5.78 Å². The molecule has 1 saturated carbocycles. The van der Waals surface area contributed by atoms with Crippen LogP contribution in [-0.2, 0) is 4.79 Å². The first-order valence-electron chi connectivity index (χ1n) is 5.73. The Labute approximate surface area is 102 Å². The first kappa shape index (κ1) is 13.1. The lowest BCUT2D eigenvalue weighted by Gasteiger charge is -2.35. The van der Waals surface area contributed by atoms with Crippen LogP contribution in [0.1, 0.15) is 24.3 Å². The lowest BCUT2D eigenvalue weighted by molar-refractivity contribution is -0.207. The molecule has 1 unspecified atom stereocenters. The monoisotopic (exact) mass is 258 g/mol. The number of aliphatic hydroxyl groups is 1. The smallest absolute Gasteiger partial charge is 0.377 e. The Morgan fingerprint density at radius 3 is 2.28 bits per heavy atom. The third-order valence-electron chi connectivity index (χ3n) is 3.39. The van der Waals surface area contributed by atoms with Crippen LogP contribution in [0, 0.1) is 5.92 Å². The van der Waals surface area contributed by atoms with E-state index in [1.165, 1.54) is 0 Å². The first-order valence-corrected chi connectivity index (χ1v) is 5.73. The summed E-state index contributed by atoms with van der Waals surface area (Å²) in [4.78, 5) is 11.4. The highest BCUT2D eigenvalue weighted by molar-refractivity contribution is 5.87. The molecule has 0 saturated heterocycles. The van der Waals surface area contributed by atoms with Crippen molar-refractivity contribution in [1.29, 1.82) is 0 Å². The molecule has 1 fully saturated rings. The molecule has 0 bridgehead atoms. The molecule has 1 aromatic carbocycles. The zero-order valence-corrected chi connectivity index (χ0v) is 9.52. The van der Waals surface area contributed by atoms with Gasteiger partial charge in [-0.25, -0.2) is 0 Å². The van der Waals surface area contributed by atoms with Gasteiger partial charge in [0, 0.05) is 5.92 Å². The molecule has 1 aliphatic rings. The van der Waals surface area contributed by atoms with E-state index in [9.17, 15) is 18.0 Å². The molecular weight excluding hydrogens is 245 g/mol. The molecule has 18 heavy (non-hydrogen) atoms. The van der Waals surface area contributed by atoms with Crippen LogP contribution in [0.5, 0.6) is 0 Å². The van der Waals surface area contributed by atoms with Gasteiger partial charge in [-0.3, -0.25) is 4.79 Å². The fraction of sp³-hybridized carbons (Fsp3) is 0.462. The van der Waals surface area contributed by atoms with Crippen LogP contribution in [-0.4, -0.2) is 23.2 Å². The van der Waals surface area contributed by atoms with E-state index in [0.717, 1.165) is 5.56 Å². The molecule has 1 N–H and O–H groups in total. The van der Waals surface area contributed by atoms with E-state index >= 15 is 0 Å². The number of hydrogen-bond acceptors (Lipinski definition) is 2. The highest BCUT2D eigenvalue weighted by atomic mass is 19.4. The summed E-state index contributed by atoms with van der Waals surface area (Å²) < 4.78 is 36.5. The van der Waals surface area contributed by atoms with Gasteiger partial charge in [0.05, 0.1) is 0 Å². The molecule has 98 valence electrons. The zero-order valence-electron chi connectivity index (χ0n) is 9.52. The maximum atomic E-state index is 12.2. The maximum absolute atomic E-state index is 12.2. The largest absolute Gasteiger partial charge is 0.421 e. The van der Waals surface area contributed by atoms with Gasteiger partial charge in [-0.15, -0.1) is 0 Å². The zero-order chi connectivity index (χ0) is 13.3. The van der Waals surface area contributed by atoms with Crippen molar-refractivity contribution in [2.24, 2.45) is 5.92 Å².